The molecule has 18 heavy (non-hydrogen) atoms. The van der Waals surface area contributed by atoms with Crippen molar-refractivity contribution >= 4 is 5.91 Å². The van der Waals surface area contributed by atoms with Crippen LogP contribution in [0.5, 0.6) is 0 Å². The van der Waals surface area contributed by atoms with Crippen LogP contribution in [-0.2, 0) is 4.79 Å². The Balaban J connectivity index is 1.94. The SMILES string of the molecule is C[C@@H](NC(=O)C1CCCCC1N)c1ccncc1. The summed E-state index contributed by atoms with van der Waals surface area (Å²) in [7, 11) is 0. The van der Waals surface area contributed by atoms with Crippen LogP contribution in [0.4, 0.5) is 0 Å². The summed E-state index contributed by atoms with van der Waals surface area (Å²) in [5.74, 6) is 0.0644. The molecule has 0 spiro atoms. The van der Waals surface area contributed by atoms with Crippen LogP contribution < -0.4 is 11.1 Å². The molecule has 1 aromatic rings. The molecule has 2 rings (SSSR count). The first-order valence-corrected chi connectivity index (χ1v) is 6.64. The van der Waals surface area contributed by atoms with Gasteiger partial charge in [0.25, 0.3) is 0 Å². The molecule has 98 valence electrons. The molecule has 3 N–H and O–H groups in total. The molecule has 4 heteroatoms. The molecule has 1 aromatic heterocycles. The van der Waals surface area contributed by atoms with E-state index >= 15 is 0 Å². The second kappa shape index (κ2) is 5.96. The average molecular weight is 247 g/mol. The first-order valence-electron chi connectivity index (χ1n) is 6.64. The van der Waals surface area contributed by atoms with Gasteiger partial charge < -0.3 is 11.1 Å². The van der Waals surface area contributed by atoms with E-state index in [1.54, 1.807) is 12.4 Å². The number of hydrogen-bond donors (Lipinski definition) is 2. The summed E-state index contributed by atoms with van der Waals surface area (Å²) in [4.78, 5) is 16.2. The lowest BCUT2D eigenvalue weighted by molar-refractivity contribution is -0.127. The van der Waals surface area contributed by atoms with Gasteiger partial charge in [-0.1, -0.05) is 12.8 Å². The van der Waals surface area contributed by atoms with Gasteiger partial charge in [-0.3, -0.25) is 9.78 Å². The highest BCUT2D eigenvalue weighted by atomic mass is 16.2. The maximum atomic E-state index is 12.2. The topological polar surface area (TPSA) is 68.0 Å². The number of pyridine rings is 1. The zero-order valence-electron chi connectivity index (χ0n) is 10.8. The van der Waals surface area contributed by atoms with Crippen LogP contribution in [0.1, 0.15) is 44.2 Å². The fourth-order valence-corrected chi connectivity index (χ4v) is 2.54. The quantitative estimate of drug-likeness (QED) is 0.855. The summed E-state index contributed by atoms with van der Waals surface area (Å²) >= 11 is 0. The van der Waals surface area contributed by atoms with E-state index in [4.69, 9.17) is 5.73 Å². The van der Waals surface area contributed by atoms with Crippen LogP contribution in [0.3, 0.4) is 0 Å². The molecule has 4 nitrogen and oxygen atoms in total. The van der Waals surface area contributed by atoms with E-state index in [0.29, 0.717) is 0 Å². The van der Waals surface area contributed by atoms with E-state index in [2.05, 4.69) is 10.3 Å². The van der Waals surface area contributed by atoms with E-state index in [9.17, 15) is 4.79 Å². The average Bonchev–Trinajstić information content (AvgIpc) is 2.40. The summed E-state index contributed by atoms with van der Waals surface area (Å²) in [6.45, 7) is 1.99. The van der Waals surface area contributed by atoms with Crippen molar-refractivity contribution in [2.24, 2.45) is 11.7 Å². The zero-order valence-corrected chi connectivity index (χ0v) is 10.8. The first kappa shape index (κ1) is 13.0. The standard InChI is InChI=1S/C14H21N3O/c1-10(11-6-8-16-9-7-11)17-14(18)12-4-2-3-5-13(12)15/h6-10,12-13H,2-5,15H2,1H3,(H,17,18)/t10-,12?,13?/m1/s1. The van der Waals surface area contributed by atoms with Gasteiger partial charge >= 0.3 is 0 Å². The van der Waals surface area contributed by atoms with Crippen molar-refractivity contribution in [2.75, 3.05) is 0 Å². The van der Waals surface area contributed by atoms with Crippen LogP contribution in [0.2, 0.25) is 0 Å². The highest BCUT2D eigenvalue weighted by Gasteiger charge is 2.28. The van der Waals surface area contributed by atoms with Gasteiger partial charge in [-0.25, -0.2) is 0 Å². The van der Waals surface area contributed by atoms with Crippen LogP contribution in [0, 0.1) is 5.92 Å². The molecule has 0 aromatic carbocycles. The Bertz CT molecular complexity index is 393. The van der Waals surface area contributed by atoms with Crippen LogP contribution in [0.15, 0.2) is 24.5 Å². The largest absolute Gasteiger partial charge is 0.349 e. The number of nitrogens with zero attached hydrogens (tertiary/aromatic N) is 1. The summed E-state index contributed by atoms with van der Waals surface area (Å²) in [5, 5.41) is 3.05. The van der Waals surface area contributed by atoms with Crippen molar-refractivity contribution < 1.29 is 4.79 Å². The van der Waals surface area contributed by atoms with E-state index < -0.39 is 0 Å². The minimum Gasteiger partial charge on any atom is -0.349 e. The molecule has 0 radical (unpaired) electrons. The predicted octanol–water partition coefficient (Wildman–Crippen LogP) is 1.78. The lowest BCUT2D eigenvalue weighted by Gasteiger charge is -2.28. The molecule has 1 fully saturated rings. The van der Waals surface area contributed by atoms with Crippen molar-refractivity contribution in [1.82, 2.24) is 10.3 Å². The number of aromatic nitrogens is 1. The minimum absolute atomic E-state index is 0.00891. The van der Waals surface area contributed by atoms with E-state index in [1.165, 1.54) is 0 Å². The second-order valence-corrected chi connectivity index (χ2v) is 5.07. The summed E-state index contributed by atoms with van der Waals surface area (Å²) < 4.78 is 0. The van der Waals surface area contributed by atoms with Crippen molar-refractivity contribution in [3.8, 4) is 0 Å². The summed E-state index contributed by atoms with van der Waals surface area (Å²) in [6, 6.07) is 3.87. The maximum absolute atomic E-state index is 12.2. The fourth-order valence-electron chi connectivity index (χ4n) is 2.54. The highest BCUT2D eigenvalue weighted by Crippen LogP contribution is 2.24. The summed E-state index contributed by atoms with van der Waals surface area (Å²) in [6.07, 6.45) is 7.60. The maximum Gasteiger partial charge on any atom is 0.225 e. The molecule has 0 saturated heterocycles. The van der Waals surface area contributed by atoms with E-state index in [1.807, 2.05) is 19.1 Å². The number of amides is 1. The molecule has 1 aliphatic carbocycles. The monoisotopic (exact) mass is 247 g/mol. The Hall–Kier alpha value is -1.42. The predicted molar refractivity (Wildman–Crippen MR) is 70.7 cm³/mol. The lowest BCUT2D eigenvalue weighted by atomic mass is 9.84. The van der Waals surface area contributed by atoms with Crippen LogP contribution in [0.25, 0.3) is 0 Å². The smallest absolute Gasteiger partial charge is 0.225 e. The Labute approximate surface area is 108 Å². The zero-order chi connectivity index (χ0) is 13.0. The second-order valence-electron chi connectivity index (χ2n) is 5.07. The van der Waals surface area contributed by atoms with E-state index in [-0.39, 0.29) is 23.9 Å². The Morgan fingerprint density at radius 2 is 2.06 bits per heavy atom. The molecule has 1 saturated carbocycles. The van der Waals surface area contributed by atoms with Gasteiger partial charge in [-0.15, -0.1) is 0 Å². The van der Waals surface area contributed by atoms with Crippen molar-refractivity contribution in [3.63, 3.8) is 0 Å². The van der Waals surface area contributed by atoms with Gasteiger partial charge in [0.15, 0.2) is 0 Å². The van der Waals surface area contributed by atoms with Gasteiger partial charge in [0.1, 0.15) is 0 Å². The van der Waals surface area contributed by atoms with E-state index in [0.717, 1.165) is 31.2 Å². The minimum atomic E-state index is -0.0250. The normalized spacial score (nSPS) is 25.4. The van der Waals surface area contributed by atoms with Crippen molar-refractivity contribution in [1.29, 1.82) is 0 Å². The number of carbonyl (C=O) groups is 1. The molecule has 3 atom stereocenters. The molecular formula is C14H21N3O. The molecule has 1 heterocycles. The third-order valence-electron chi connectivity index (χ3n) is 3.72. The molecule has 1 aliphatic rings. The molecule has 0 aliphatic heterocycles. The van der Waals surface area contributed by atoms with Gasteiger partial charge in [-0.05, 0) is 37.5 Å². The lowest BCUT2D eigenvalue weighted by Crippen LogP contribution is -2.44. The number of hydrogen-bond acceptors (Lipinski definition) is 3. The first-order chi connectivity index (χ1) is 8.68. The molecular weight excluding hydrogens is 226 g/mol. The number of carbonyl (C=O) groups excluding carboxylic acids is 1. The fraction of sp³-hybridized carbons (Fsp3) is 0.571. The number of rotatable bonds is 3. The number of nitrogens with one attached hydrogen (secondary N) is 1. The van der Waals surface area contributed by atoms with Crippen LogP contribution in [-0.4, -0.2) is 16.9 Å². The molecule has 0 bridgehead atoms. The van der Waals surface area contributed by atoms with Gasteiger partial charge in [0, 0.05) is 18.4 Å². The Kier molecular flexibility index (Phi) is 4.31. The highest BCUT2D eigenvalue weighted by molar-refractivity contribution is 5.79. The van der Waals surface area contributed by atoms with Crippen molar-refractivity contribution in [2.45, 2.75) is 44.7 Å². The third-order valence-corrected chi connectivity index (χ3v) is 3.72. The molecule has 2 unspecified atom stereocenters. The van der Waals surface area contributed by atoms with Crippen molar-refractivity contribution in [3.05, 3.63) is 30.1 Å². The van der Waals surface area contributed by atoms with Gasteiger partial charge in [-0.2, -0.15) is 0 Å². The Morgan fingerprint density at radius 3 is 2.72 bits per heavy atom. The third kappa shape index (κ3) is 3.07. The number of nitrogens with two attached hydrogens (primary N) is 1. The summed E-state index contributed by atoms with van der Waals surface area (Å²) in [5.41, 5.74) is 7.10. The molecule has 1 amide bonds. The van der Waals surface area contributed by atoms with Gasteiger partial charge in [0.05, 0.1) is 12.0 Å². The van der Waals surface area contributed by atoms with Gasteiger partial charge in [0.2, 0.25) is 5.91 Å². The Morgan fingerprint density at radius 1 is 1.39 bits per heavy atom. The van der Waals surface area contributed by atoms with Crippen LogP contribution >= 0.6 is 0 Å².